The summed E-state index contributed by atoms with van der Waals surface area (Å²) in [5.74, 6) is -0.337. The van der Waals surface area contributed by atoms with Gasteiger partial charge in [-0.1, -0.05) is 24.3 Å². The summed E-state index contributed by atoms with van der Waals surface area (Å²) in [5.41, 5.74) is 1.72. The minimum Gasteiger partial charge on any atom is -0.460 e. The van der Waals surface area contributed by atoms with Gasteiger partial charge in [0.2, 0.25) is 6.86 Å². The Bertz CT molecular complexity index is 749. The van der Waals surface area contributed by atoms with Crippen LogP contribution in [0.4, 0.5) is 13.2 Å². The molecule has 0 radical (unpaired) electrons. The molecule has 0 atom stereocenters. The standard InChI is InChI=1S/C21H21F3O/c1-2-14-3-5-15(6-4-14)16-7-9-18(19(23)11-16)17-8-10-21(25-13-22)20(24)12-17/h2,7-12,14-15H,1,3-6,13H2. The Balaban J connectivity index is 1.80. The van der Waals surface area contributed by atoms with Crippen molar-refractivity contribution < 1.29 is 17.9 Å². The third kappa shape index (κ3) is 3.89. The molecule has 1 aliphatic rings. The van der Waals surface area contributed by atoms with Gasteiger partial charge < -0.3 is 4.74 Å². The Labute approximate surface area is 146 Å². The van der Waals surface area contributed by atoms with Gasteiger partial charge in [-0.05, 0) is 66.8 Å². The summed E-state index contributed by atoms with van der Waals surface area (Å²) in [6, 6.07) is 9.17. The highest BCUT2D eigenvalue weighted by Crippen LogP contribution is 2.37. The van der Waals surface area contributed by atoms with E-state index < -0.39 is 12.7 Å². The first-order valence-corrected chi connectivity index (χ1v) is 8.53. The van der Waals surface area contributed by atoms with Gasteiger partial charge in [-0.2, -0.15) is 0 Å². The Morgan fingerprint density at radius 1 is 1.00 bits per heavy atom. The number of ether oxygens (including phenoxy) is 1. The SMILES string of the molecule is C=CC1CCC(c2ccc(-c3ccc(OCF)c(F)c3)c(F)c2)CC1. The molecule has 2 aromatic rings. The van der Waals surface area contributed by atoms with Gasteiger partial charge in [0.15, 0.2) is 11.6 Å². The molecule has 0 bridgehead atoms. The van der Waals surface area contributed by atoms with Crippen LogP contribution in [-0.2, 0) is 0 Å². The third-order valence-electron chi connectivity index (χ3n) is 5.02. The van der Waals surface area contributed by atoms with Gasteiger partial charge in [0.25, 0.3) is 0 Å². The van der Waals surface area contributed by atoms with Gasteiger partial charge in [-0.3, -0.25) is 0 Å². The monoisotopic (exact) mass is 346 g/mol. The van der Waals surface area contributed by atoms with Crippen molar-refractivity contribution in [1.82, 2.24) is 0 Å². The lowest BCUT2D eigenvalue weighted by atomic mass is 9.78. The van der Waals surface area contributed by atoms with Crippen molar-refractivity contribution >= 4 is 0 Å². The van der Waals surface area contributed by atoms with Gasteiger partial charge in [0.1, 0.15) is 5.82 Å². The molecule has 4 heteroatoms. The first-order chi connectivity index (χ1) is 12.1. The van der Waals surface area contributed by atoms with E-state index in [1.807, 2.05) is 12.1 Å². The molecule has 1 nitrogen and oxygen atoms in total. The van der Waals surface area contributed by atoms with E-state index in [2.05, 4.69) is 11.3 Å². The second-order valence-electron chi connectivity index (χ2n) is 6.49. The molecule has 0 N–H and O–H groups in total. The normalized spacial score (nSPS) is 20.3. The smallest absolute Gasteiger partial charge is 0.228 e. The third-order valence-corrected chi connectivity index (χ3v) is 5.02. The average molecular weight is 346 g/mol. The number of rotatable bonds is 5. The van der Waals surface area contributed by atoms with E-state index in [4.69, 9.17) is 0 Å². The van der Waals surface area contributed by atoms with Gasteiger partial charge in [-0.15, -0.1) is 6.58 Å². The Hall–Kier alpha value is -2.23. The Morgan fingerprint density at radius 2 is 1.76 bits per heavy atom. The van der Waals surface area contributed by atoms with Crippen LogP contribution in [0.3, 0.4) is 0 Å². The summed E-state index contributed by atoms with van der Waals surface area (Å²) < 4.78 is 45.1. The highest BCUT2D eigenvalue weighted by Gasteiger charge is 2.21. The van der Waals surface area contributed by atoms with Crippen LogP contribution in [0.5, 0.6) is 5.75 Å². The van der Waals surface area contributed by atoms with Gasteiger partial charge in [0.05, 0.1) is 0 Å². The summed E-state index contributed by atoms with van der Waals surface area (Å²) in [6.07, 6.45) is 6.22. The van der Waals surface area contributed by atoms with E-state index in [-0.39, 0.29) is 11.6 Å². The molecule has 3 rings (SSSR count). The van der Waals surface area contributed by atoms with Crippen molar-refractivity contribution in [2.24, 2.45) is 5.92 Å². The van der Waals surface area contributed by atoms with Crippen molar-refractivity contribution in [2.75, 3.05) is 6.86 Å². The van der Waals surface area contributed by atoms with E-state index in [9.17, 15) is 13.2 Å². The maximum Gasteiger partial charge on any atom is 0.228 e. The summed E-state index contributed by atoms with van der Waals surface area (Å²) in [4.78, 5) is 0. The first-order valence-electron chi connectivity index (χ1n) is 8.53. The maximum atomic E-state index is 14.6. The fourth-order valence-corrected chi connectivity index (χ4v) is 3.55. The van der Waals surface area contributed by atoms with Crippen molar-refractivity contribution in [1.29, 1.82) is 0 Å². The van der Waals surface area contributed by atoms with Crippen LogP contribution in [0.25, 0.3) is 11.1 Å². The molecule has 0 aromatic heterocycles. The van der Waals surface area contributed by atoms with Crippen molar-refractivity contribution in [3.8, 4) is 16.9 Å². The molecule has 25 heavy (non-hydrogen) atoms. The number of allylic oxidation sites excluding steroid dienone is 1. The van der Waals surface area contributed by atoms with Gasteiger partial charge >= 0.3 is 0 Å². The van der Waals surface area contributed by atoms with Crippen LogP contribution in [-0.4, -0.2) is 6.86 Å². The molecule has 0 amide bonds. The number of hydrogen-bond acceptors (Lipinski definition) is 1. The van der Waals surface area contributed by atoms with E-state index in [1.165, 1.54) is 18.2 Å². The average Bonchev–Trinajstić information content (AvgIpc) is 2.63. The second kappa shape index (κ2) is 7.77. The largest absolute Gasteiger partial charge is 0.460 e. The van der Waals surface area contributed by atoms with E-state index in [1.54, 1.807) is 12.1 Å². The van der Waals surface area contributed by atoms with Crippen LogP contribution < -0.4 is 4.74 Å². The molecule has 0 spiro atoms. The fraction of sp³-hybridized carbons (Fsp3) is 0.333. The predicted octanol–water partition coefficient (Wildman–Crippen LogP) is 6.40. The quantitative estimate of drug-likeness (QED) is 0.569. The number of alkyl halides is 1. The lowest BCUT2D eigenvalue weighted by molar-refractivity contribution is 0.184. The molecule has 132 valence electrons. The van der Waals surface area contributed by atoms with Crippen LogP contribution >= 0.6 is 0 Å². The topological polar surface area (TPSA) is 9.23 Å². The van der Waals surface area contributed by atoms with Crippen molar-refractivity contribution in [3.63, 3.8) is 0 Å². The van der Waals surface area contributed by atoms with Crippen LogP contribution in [0.1, 0.15) is 37.2 Å². The lowest BCUT2D eigenvalue weighted by Crippen LogP contribution is -2.11. The second-order valence-corrected chi connectivity index (χ2v) is 6.49. The lowest BCUT2D eigenvalue weighted by Gasteiger charge is -2.27. The van der Waals surface area contributed by atoms with Crippen molar-refractivity contribution in [3.05, 3.63) is 66.3 Å². The van der Waals surface area contributed by atoms with Crippen LogP contribution in [0.2, 0.25) is 0 Å². The molecule has 0 heterocycles. The first kappa shape index (κ1) is 17.6. The Morgan fingerprint density at radius 3 is 2.36 bits per heavy atom. The minimum atomic E-state index is -1.10. The zero-order valence-electron chi connectivity index (χ0n) is 14.0. The van der Waals surface area contributed by atoms with Crippen molar-refractivity contribution in [2.45, 2.75) is 31.6 Å². The minimum absolute atomic E-state index is 0.178. The van der Waals surface area contributed by atoms with Gasteiger partial charge in [0, 0.05) is 5.56 Å². The van der Waals surface area contributed by atoms with E-state index in [0.29, 0.717) is 23.0 Å². The summed E-state index contributed by atoms with van der Waals surface area (Å²) in [6.45, 7) is 2.74. The highest BCUT2D eigenvalue weighted by atomic mass is 19.1. The summed E-state index contributed by atoms with van der Waals surface area (Å²) >= 11 is 0. The predicted molar refractivity (Wildman–Crippen MR) is 93.3 cm³/mol. The fourth-order valence-electron chi connectivity index (χ4n) is 3.55. The zero-order chi connectivity index (χ0) is 17.8. The molecule has 0 unspecified atom stereocenters. The molecule has 1 saturated carbocycles. The molecular weight excluding hydrogens is 325 g/mol. The van der Waals surface area contributed by atoms with Crippen LogP contribution in [0, 0.1) is 17.6 Å². The number of benzene rings is 2. The maximum absolute atomic E-state index is 14.6. The molecule has 0 aliphatic heterocycles. The summed E-state index contributed by atoms with van der Waals surface area (Å²) in [7, 11) is 0. The van der Waals surface area contributed by atoms with Crippen LogP contribution in [0.15, 0.2) is 49.1 Å². The molecule has 0 saturated heterocycles. The number of hydrogen-bond donors (Lipinski definition) is 0. The van der Waals surface area contributed by atoms with E-state index in [0.717, 1.165) is 31.2 Å². The zero-order valence-corrected chi connectivity index (χ0v) is 14.0. The Kier molecular flexibility index (Phi) is 5.47. The van der Waals surface area contributed by atoms with Gasteiger partial charge in [-0.25, -0.2) is 13.2 Å². The molecule has 1 aliphatic carbocycles. The van der Waals surface area contributed by atoms with E-state index >= 15 is 0 Å². The molecule has 1 fully saturated rings. The highest BCUT2D eigenvalue weighted by molar-refractivity contribution is 5.65. The molecular formula is C21H21F3O. The number of halogens is 3. The molecule has 2 aromatic carbocycles. The summed E-state index contributed by atoms with van der Waals surface area (Å²) in [5, 5.41) is 0.